The molecule has 0 amide bonds. The van der Waals surface area contributed by atoms with Crippen molar-refractivity contribution in [2.45, 2.75) is 13.5 Å². The zero-order chi connectivity index (χ0) is 13.7. The molecule has 1 aromatic heterocycles. The molecule has 0 aliphatic heterocycles. The highest BCUT2D eigenvalue weighted by Crippen LogP contribution is 2.26. The normalized spacial score (nSPS) is 10.5. The van der Waals surface area contributed by atoms with Crippen LogP contribution < -0.4 is 10.1 Å². The second-order valence-corrected chi connectivity index (χ2v) is 4.84. The van der Waals surface area contributed by atoms with Crippen LogP contribution in [-0.2, 0) is 6.54 Å². The van der Waals surface area contributed by atoms with Gasteiger partial charge in [-0.05, 0) is 52.3 Å². The molecule has 5 heteroatoms. The molecule has 2 rings (SSSR count). The van der Waals surface area contributed by atoms with Gasteiger partial charge in [0, 0.05) is 12.7 Å². The van der Waals surface area contributed by atoms with E-state index in [1.807, 2.05) is 13.0 Å². The summed E-state index contributed by atoms with van der Waals surface area (Å²) in [5.41, 5.74) is 1.04. The van der Waals surface area contributed by atoms with Crippen LogP contribution in [0.15, 0.2) is 41.1 Å². The summed E-state index contributed by atoms with van der Waals surface area (Å²) in [4.78, 5) is 4.12. The van der Waals surface area contributed by atoms with Gasteiger partial charge in [0.15, 0.2) is 0 Å². The highest BCUT2D eigenvalue weighted by atomic mass is 79.9. The molecule has 19 heavy (non-hydrogen) atoms. The van der Waals surface area contributed by atoms with E-state index in [-0.39, 0.29) is 5.82 Å². The largest absolute Gasteiger partial charge is 0.456 e. The van der Waals surface area contributed by atoms with Gasteiger partial charge >= 0.3 is 0 Å². The summed E-state index contributed by atoms with van der Waals surface area (Å²) in [6.07, 6.45) is 3.42. The van der Waals surface area contributed by atoms with Crippen molar-refractivity contribution >= 4 is 15.9 Å². The van der Waals surface area contributed by atoms with Crippen molar-refractivity contribution < 1.29 is 9.13 Å². The fourth-order valence-corrected chi connectivity index (χ4v) is 1.92. The monoisotopic (exact) mass is 324 g/mol. The Morgan fingerprint density at radius 3 is 2.84 bits per heavy atom. The standard InChI is InChI=1S/C14H14BrFN2O/c1-2-17-7-10-5-12(9-18-8-10)19-11-3-4-14(16)13(15)6-11/h3-6,8-9,17H,2,7H2,1H3. The number of rotatable bonds is 5. The Hall–Kier alpha value is -1.46. The van der Waals surface area contributed by atoms with Gasteiger partial charge in [-0.15, -0.1) is 0 Å². The minimum absolute atomic E-state index is 0.314. The Bertz CT molecular complexity index is 563. The summed E-state index contributed by atoms with van der Waals surface area (Å²) in [7, 11) is 0. The maximum atomic E-state index is 13.1. The third-order valence-corrected chi connectivity index (χ3v) is 3.08. The van der Waals surface area contributed by atoms with Crippen molar-refractivity contribution in [2.75, 3.05) is 6.54 Å². The molecule has 0 fully saturated rings. The first-order chi connectivity index (χ1) is 9.19. The number of nitrogens with zero attached hydrogens (tertiary/aromatic N) is 1. The minimum Gasteiger partial charge on any atom is -0.456 e. The Morgan fingerprint density at radius 2 is 2.11 bits per heavy atom. The number of hydrogen-bond donors (Lipinski definition) is 1. The molecule has 0 unspecified atom stereocenters. The first-order valence-electron chi connectivity index (χ1n) is 5.96. The molecule has 1 N–H and O–H groups in total. The van der Waals surface area contributed by atoms with E-state index in [2.05, 4.69) is 26.2 Å². The predicted molar refractivity (Wildman–Crippen MR) is 75.8 cm³/mol. The lowest BCUT2D eigenvalue weighted by atomic mass is 10.2. The maximum Gasteiger partial charge on any atom is 0.146 e. The number of pyridine rings is 1. The molecule has 0 bridgehead atoms. The van der Waals surface area contributed by atoms with Gasteiger partial charge in [-0.25, -0.2) is 4.39 Å². The number of nitrogens with one attached hydrogen (secondary N) is 1. The van der Waals surface area contributed by atoms with E-state index >= 15 is 0 Å². The number of hydrogen-bond acceptors (Lipinski definition) is 3. The Kier molecular flexibility index (Phi) is 4.87. The summed E-state index contributed by atoms with van der Waals surface area (Å²) < 4.78 is 19.1. The quantitative estimate of drug-likeness (QED) is 0.906. The van der Waals surface area contributed by atoms with Crippen LogP contribution in [0.1, 0.15) is 12.5 Å². The van der Waals surface area contributed by atoms with Gasteiger partial charge < -0.3 is 10.1 Å². The van der Waals surface area contributed by atoms with Gasteiger partial charge in [-0.1, -0.05) is 6.92 Å². The summed E-state index contributed by atoms with van der Waals surface area (Å²) in [5.74, 6) is 0.885. The fraction of sp³-hybridized carbons (Fsp3) is 0.214. The zero-order valence-electron chi connectivity index (χ0n) is 10.5. The van der Waals surface area contributed by atoms with Crippen LogP contribution in [0, 0.1) is 5.82 Å². The molecule has 0 radical (unpaired) electrons. The van der Waals surface area contributed by atoms with E-state index < -0.39 is 0 Å². The van der Waals surface area contributed by atoms with Gasteiger partial charge in [0.1, 0.15) is 17.3 Å². The molecule has 1 aromatic carbocycles. The fourth-order valence-electron chi connectivity index (χ4n) is 1.56. The van der Waals surface area contributed by atoms with Crippen LogP contribution in [0.25, 0.3) is 0 Å². The second kappa shape index (κ2) is 6.63. The molecular formula is C14H14BrFN2O. The average molecular weight is 325 g/mol. The van der Waals surface area contributed by atoms with E-state index in [1.165, 1.54) is 6.07 Å². The van der Waals surface area contributed by atoms with E-state index in [0.29, 0.717) is 16.0 Å². The summed E-state index contributed by atoms with van der Waals surface area (Å²) in [6.45, 7) is 3.69. The molecular weight excluding hydrogens is 311 g/mol. The minimum atomic E-state index is -0.314. The smallest absolute Gasteiger partial charge is 0.146 e. The third-order valence-electron chi connectivity index (χ3n) is 2.48. The van der Waals surface area contributed by atoms with E-state index in [9.17, 15) is 4.39 Å². The summed E-state index contributed by atoms with van der Waals surface area (Å²) >= 11 is 3.13. The van der Waals surface area contributed by atoms with E-state index in [4.69, 9.17) is 4.74 Å². The third kappa shape index (κ3) is 4.01. The van der Waals surface area contributed by atoms with Gasteiger partial charge in [0.05, 0.1) is 10.7 Å². The lowest BCUT2D eigenvalue weighted by Crippen LogP contribution is -2.11. The zero-order valence-corrected chi connectivity index (χ0v) is 12.1. The molecule has 0 saturated heterocycles. The first-order valence-corrected chi connectivity index (χ1v) is 6.76. The van der Waals surface area contributed by atoms with Crippen molar-refractivity contribution in [3.05, 3.63) is 52.5 Å². The van der Waals surface area contributed by atoms with Crippen LogP contribution in [-0.4, -0.2) is 11.5 Å². The van der Waals surface area contributed by atoms with Gasteiger partial charge in [0.25, 0.3) is 0 Å². The number of aromatic nitrogens is 1. The topological polar surface area (TPSA) is 34.2 Å². The molecule has 0 atom stereocenters. The lowest BCUT2D eigenvalue weighted by molar-refractivity contribution is 0.476. The summed E-state index contributed by atoms with van der Waals surface area (Å²) in [5, 5.41) is 3.22. The maximum absolute atomic E-state index is 13.1. The van der Waals surface area contributed by atoms with Crippen molar-refractivity contribution in [3.63, 3.8) is 0 Å². The van der Waals surface area contributed by atoms with Crippen molar-refractivity contribution in [3.8, 4) is 11.5 Å². The summed E-state index contributed by atoms with van der Waals surface area (Å²) in [6, 6.07) is 6.44. The lowest BCUT2D eigenvalue weighted by Gasteiger charge is -2.08. The molecule has 100 valence electrons. The first kappa shape index (κ1) is 14.0. The SMILES string of the molecule is CCNCc1cncc(Oc2ccc(F)c(Br)c2)c1. The van der Waals surface area contributed by atoms with Crippen molar-refractivity contribution in [2.24, 2.45) is 0 Å². The molecule has 0 aliphatic rings. The second-order valence-electron chi connectivity index (χ2n) is 3.99. The molecule has 0 aliphatic carbocycles. The highest BCUT2D eigenvalue weighted by molar-refractivity contribution is 9.10. The number of ether oxygens (including phenoxy) is 1. The molecule has 2 aromatic rings. The molecule has 1 heterocycles. The Balaban J connectivity index is 2.11. The van der Waals surface area contributed by atoms with Gasteiger partial charge in [-0.2, -0.15) is 0 Å². The number of halogens is 2. The van der Waals surface area contributed by atoms with Crippen LogP contribution >= 0.6 is 15.9 Å². The molecule has 0 spiro atoms. The van der Waals surface area contributed by atoms with Crippen LogP contribution in [0.5, 0.6) is 11.5 Å². The van der Waals surface area contributed by atoms with Crippen molar-refractivity contribution in [1.29, 1.82) is 0 Å². The van der Waals surface area contributed by atoms with Crippen LogP contribution in [0.2, 0.25) is 0 Å². The average Bonchev–Trinajstić information content (AvgIpc) is 2.41. The van der Waals surface area contributed by atoms with Crippen LogP contribution in [0.3, 0.4) is 0 Å². The highest BCUT2D eigenvalue weighted by Gasteiger charge is 2.03. The van der Waals surface area contributed by atoms with Gasteiger partial charge in [0.2, 0.25) is 0 Å². The Labute approximate surface area is 119 Å². The van der Waals surface area contributed by atoms with Crippen molar-refractivity contribution in [1.82, 2.24) is 10.3 Å². The van der Waals surface area contributed by atoms with Gasteiger partial charge in [-0.3, -0.25) is 4.98 Å². The number of benzene rings is 1. The molecule has 0 saturated carbocycles. The predicted octanol–water partition coefficient (Wildman–Crippen LogP) is 3.89. The molecule has 3 nitrogen and oxygen atoms in total. The van der Waals surface area contributed by atoms with Crippen LogP contribution in [0.4, 0.5) is 4.39 Å². The Morgan fingerprint density at radius 1 is 1.26 bits per heavy atom. The van der Waals surface area contributed by atoms with E-state index in [0.717, 1.165) is 18.7 Å². The van der Waals surface area contributed by atoms with E-state index in [1.54, 1.807) is 24.5 Å².